The zero-order chi connectivity index (χ0) is 9.68. The van der Waals surface area contributed by atoms with Gasteiger partial charge in [0, 0.05) is 11.8 Å². The van der Waals surface area contributed by atoms with Gasteiger partial charge in [0.05, 0.1) is 13.2 Å². The van der Waals surface area contributed by atoms with Crippen molar-refractivity contribution >= 4 is 6.21 Å². The van der Waals surface area contributed by atoms with Gasteiger partial charge in [-0.25, -0.2) is 0 Å². The van der Waals surface area contributed by atoms with Gasteiger partial charge in [0.2, 0.25) is 0 Å². The second-order valence-corrected chi connectivity index (χ2v) is 2.50. The highest BCUT2D eigenvalue weighted by Gasteiger charge is 1.98. The van der Waals surface area contributed by atoms with Crippen molar-refractivity contribution in [2.45, 2.75) is 0 Å². The lowest BCUT2D eigenvalue weighted by molar-refractivity contribution is 0.307. The highest BCUT2D eigenvalue weighted by molar-refractivity contribution is 5.83. The molecule has 3 N–H and O–H groups in total. The van der Waals surface area contributed by atoms with E-state index in [1.54, 1.807) is 0 Å². The summed E-state index contributed by atoms with van der Waals surface area (Å²) in [6.45, 7) is 0.255. The molecule has 0 saturated heterocycles. The summed E-state index contributed by atoms with van der Waals surface area (Å²) in [5, 5.41) is 26.8. The molecule has 0 aliphatic carbocycles. The maximum absolute atomic E-state index is 9.27. The molecule has 4 nitrogen and oxygen atoms in total. The monoisotopic (exact) mass is 181 g/mol. The van der Waals surface area contributed by atoms with E-state index in [9.17, 15) is 5.11 Å². The fourth-order valence-electron chi connectivity index (χ4n) is 0.866. The van der Waals surface area contributed by atoms with E-state index >= 15 is 0 Å². The molecule has 0 aliphatic heterocycles. The average molecular weight is 181 g/mol. The first-order valence-corrected chi connectivity index (χ1v) is 3.86. The van der Waals surface area contributed by atoms with Gasteiger partial charge in [0.25, 0.3) is 0 Å². The van der Waals surface area contributed by atoms with Crippen LogP contribution in [0.15, 0.2) is 23.2 Å². The van der Waals surface area contributed by atoms with Crippen LogP contribution in [0, 0.1) is 0 Å². The summed E-state index contributed by atoms with van der Waals surface area (Å²) < 4.78 is 0. The largest absolute Gasteiger partial charge is 0.508 e. The summed E-state index contributed by atoms with van der Waals surface area (Å²) in [6, 6.07) is 4.17. The van der Waals surface area contributed by atoms with Crippen molar-refractivity contribution in [1.82, 2.24) is 0 Å². The number of nitrogens with zero attached hydrogens (tertiary/aromatic N) is 1. The van der Waals surface area contributed by atoms with Gasteiger partial charge in [-0.05, 0) is 18.2 Å². The Morgan fingerprint density at radius 3 is 2.77 bits per heavy atom. The molecule has 0 radical (unpaired) electrons. The summed E-state index contributed by atoms with van der Waals surface area (Å²) >= 11 is 0. The van der Waals surface area contributed by atoms with Gasteiger partial charge in [-0.2, -0.15) is 0 Å². The quantitative estimate of drug-likeness (QED) is 0.470. The number of aliphatic imine (C=N–C) groups is 1. The van der Waals surface area contributed by atoms with Crippen LogP contribution in [0.25, 0.3) is 0 Å². The van der Waals surface area contributed by atoms with Gasteiger partial charge in [0.15, 0.2) is 0 Å². The number of rotatable bonds is 3. The van der Waals surface area contributed by atoms with Crippen molar-refractivity contribution in [3.05, 3.63) is 23.8 Å². The third-order valence-corrected chi connectivity index (χ3v) is 1.47. The molecule has 4 heteroatoms. The van der Waals surface area contributed by atoms with Crippen LogP contribution < -0.4 is 0 Å². The van der Waals surface area contributed by atoms with Crippen LogP contribution >= 0.6 is 0 Å². The molecule has 1 aromatic carbocycles. The number of phenolic OH excluding ortho intramolecular Hbond substituents is 2. The predicted molar refractivity (Wildman–Crippen MR) is 49.3 cm³/mol. The van der Waals surface area contributed by atoms with Crippen molar-refractivity contribution in [2.24, 2.45) is 4.99 Å². The summed E-state index contributed by atoms with van der Waals surface area (Å²) in [5.41, 5.74) is 0.438. The van der Waals surface area contributed by atoms with Crippen molar-refractivity contribution in [3.8, 4) is 11.5 Å². The molecule has 13 heavy (non-hydrogen) atoms. The molecular weight excluding hydrogens is 170 g/mol. The van der Waals surface area contributed by atoms with Crippen LogP contribution in [-0.4, -0.2) is 34.7 Å². The second kappa shape index (κ2) is 4.47. The fourth-order valence-corrected chi connectivity index (χ4v) is 0.866. The number of aliphatic hydroxyl groups excluding tert-OH is 1. The van der Waals surface area contributed by atoms with Crippen molar-refractivity contribution in [2.75, 3.05) is 13.2 Å². The van der Waals surface area contributed by atoms with E-state index in [1.165, 1.54) is 24.4 Å². The minimum absolute atomic E-state index is 0.0317. The summed E-state index contributed by atoms with van der Waals surface area (Å²) in [7, 11) is 0. The molecule has 0 amide bonds. The first-order valence-electron chi connectivity index (χ1n) is 3.86. The Morgan fingerprint density at radius 1 is 1.31 bits per heavy atom. The topological polar surface area (TPSA) is 73.1 Å². The van der Waals surface area contributed by atoms with E-state index < -0.39 is 0 Å². The maximum atomic E-state index is 9.27. The van der Waals surface area contributed by atoms with Crippen LogP contribution in [0.5, 0.6) is 11.5 Å². The number of hydrogen-bond donors (Lipinski definition) is 3. The molecule has 0 heterocycles. The standard InChI is InChI=1S/C9H11NO3/c11-4-3-10-6-7-5-8(12)1-2-9(7)13/h1-2,5-6,11-13H,3-4H2/b10-6+. The maximum Gasteiger partial charge on any atom is 0.124 e. The van der Waals surface area contributed by atoms with Crippen LogP contribution in [-0.2, 0) is 0 Å². The third kappa shape index (κ3) is 2.76. The third-order valence-electron chi connectivity index (χ3n) is 1.47. The molecule has 0 aliphatic rings. The van der Waals surface area contributed by atoms with Gasteiger partial charge < -0.3 is 15.3 Å². The minimum atomic E-state index is -0.0317. The first-order chi connectivity index (χ1) is 6.24. The van der Waals surface area contributed by atoms with Crippen LogP contribution in [0.1, 0.15) is 5.56 Å². The number of aromatic hydroxyl groups is 2. The summed E-state index contributed by atoms with van der Waals surface area (Å²) in [5.74, 6) is 0.128. The Bertz CT molecular complexity index is 310. The van der Waals surface area contributed by atoms with Crippen LogP contribution in [0.2, 0.25) is 0 Å². The Balaban J connectivity index is 2.81. The van der Waals surface area contributed by atoms with E-state index in [0.29, 0.717) is 5.56 Å². The lowest BCUT2D eigenvalue weighted by Gasteiger charge is -1.98. The molecule has 0 unspecified atom stereocenters. The van der Waals surface area contributed by atoms with Crippen molar-refractivity contribution in [3.63, 3.8) is 0 Å². The number of benzene rings is 1. The van der Waals surface area contributed by atoms with Crippen LogP contribution in [0.4, 0.5) is 0 Å². The molecule has 1 rings (SSSR count). The molecule has 0 bridgehead atoms. The molecule has 0 aromatic heterocycles. The van der Waals surface area contributed by atoms with E-state index in [0.717, 1.165) is 0 Å². The molecule has 0 atom stereocenters. The Labute approximate surface area is 75.8 Å². The predicted octanol–water partition coefficient (Wildman–Crippen LogP) is 0.509. The molecule has 70 valence electrons. The highest BCUT2D eigenvalue weighted by Crippen LogP contribution is 2.19. The first kappa shape index (κ1) is 9.54. The van der Waals surface area contributed by atoms with Crippen LogP contribution in [0.3, 0.4) is 0 Å². The minimum Gasteiger partial charge on any atom is -0.508 e. The van der Waals surface area contributed by atoms with Gasteiger partial charge >= 0.3 is 0 Å². The second-order valence-electron chi connectivity index (χ2n) is 2.50. The summed E-state index contributed by atoms with van der Waals surface area (Å²) in [6.07, 6.45) is 1.41. The number of hydrogen-bond acceptors (Lipinski definition) is 4. The lowest BCUT2D eigenvalue weighted by Crippen LogP contribution is -1.89. The zero-order valence-electron chi connectivity index (χ0n) is 7.01. The Hall–Kier alpha value is -1.55. The fraction of sp³-hybridized carbons (Fsp3) is 0.222. The highest BCUT2D eigenvalue weighted by atomic mass is 16.3. The molecular formula is C9H11NO3. The number of aliphatic hydroxyl groups is 1. The Kier molecular flexibility index (Phi) is 3.28. The van der Waals surface area contributed by atoms with E-state index in [-0.39, 0.29) is 24.7 Å². The normalized spacial score (nSPS) is 10.8. The van der Waals surface area contributed by atoms with Gasteiger partial charge in [-0.15, -0.1) is 0 Å². The molecule has 0 saturated carbocycles. The van der Waals surface area contributed by atoms with Gasteiger partial charge in [0.1, 0.15) is 11.5 Å². The molecule has 0 spiro atoms. The van der Waals surface area contributed by atoms with Gasteiger partial charge in [-0.3, -0.25) is 4.99 Å². The Morgan fingerprint density at radius 2 is 2.08 bits per heavy atom. The van der Waals surface area contributed by atoms with Crippen molar-refractivity contribution < 1.29 is 15.3 Å². The lowest BCUT2D eigenvalue weighted by atomic mass is 10.2. The summed E-state index contributed by atoms with van der Waals surface area (Å²) in [4.78, 5) is 3.82. The molecule has 1 aromatic rings. The average Bonchev–Trinajstić information content (AvgIpc) is 2.11. The van der Waals surface area contributed by atoms with E-state index in [1.807, 2.05) is 0 Å². The smallest absolute Gasteiger partial charge is 0.124 e. The van der Waals surface area contributed by atoms with Gasteiger partial charge in [-0.1, -0.05) is 0 Å². The zero-order valence-corrected chi connectivity index (χ0v) is 7.01. The number of phenols is 2. The van der Waals surface area contributed by atoms with E-state index in [2.05, 4.69) is 4.99 Å². The SMILES string of the molecule is OCC/N=C/c1cc(O)ccc1O. The van der Waals surface area contributed by atoms with E-state index in [4.69, 9.17) is 10.2 Å². The molecule has 0 fully saturated rings. The van der Waals surface area contributed by atoms with Crippen molar-refractivity contribution in [1.29, 1.82) is 0 Å².